The number of hydrogen-bond acceptors (Lipinski definition) is 4. The van der Waals surface area contributed by atoms with Gasteiger partial charge in [0.05, 0.1) is 6.10 Å². The van der Waals surface area contributed by atoms with Crippen molar-refractivity contribution in [2.24, 2.45) is 22.7 Å². The van der Waals surface area contributed by atoms with Gasteiger partial charge < -0.3 is 9.47 Å². The third-order valence-corrected chi connectivity index (χ3v) is 9.03. The summed E-state index contributed by atoms with van der Waals surface area (Å²) in [7, 11) is 0. The Labute approximate surface area is 158 Å². The van der Waals surface area contributed by atoms with E-state index >= 15 is 0 Å². The number of carbonyl (C=O) groups is 2. The average molecular weight is 362 g/mol. The number of allylic oxidation sites excluding steroid dienone is 4. The van der Waals surface area contributed by atoms with Gasteiger partial charge in [-0.15, -0.1) is 0 Å². The highest BCUT2D eigenvalue weighted by Gasteiger charge is 2.82. The number of fused-ring (bicyclic) bond motifs is 6. The third-order valence-electron chi connectivity index (χ3n) is 9.03. The first-order valence-corrected chi connectivity index (χ1v) is 10.1. The molecule has 0 aromatic carbocycles. The smallest absolute Gasteiger partial charge is 0.306 e. The van der Waals surface area contributed by atoms with E-state index in [9.17, 15) is 9.59 Å². The lowest BCUT2D eigenvalue weighted by Gasteiger charge is -2.53. The molecule has 4 nitrogen and oxygen atoms in total. The van der Waals surface area contributed by atoms with Crippen LogP contribution in [0.5, 0.6) is 0 Å². The zero-order chi connectivity index (χ0) is 18.4. The lowest BCUT2D eigenvalue weighted by Crippen LogP contribution is -2.58. The molecule has 2 aliphatic heterocycles. The second kappa shape index (κ2) is 3.93. The van der Waals surface area contributed by atoms with Crippen LogP contribution in [0.1, 0.15) is 39.5 Å². The molecule has 0 bridgehead atoms. The second-order valence-corrected chi connectivity index (χ2v) is 9.92. The molecule has 1 saturated carbocycles. The molecule has 2 unspecified atom stereocenters. The van der Waals surface area contributed by atoms with Gasteiger partial charge in [-0.25, -0.2) is 0 Å². The van der Waals surface area contributed by atoms with Crippen LogP contribution >= 0.6 is 0 Å². The van der Waals surface area contributed by atoms with Crippen LogP contribution in [-0.4, -0.2) is 29.1 Å². The predicted octanol–water partition coefficient (Wildman–Crippen LogP) is 3.20. The quantitative estimate of drug-likeness (QED) is 0.377. The van der Waals surface area contributed by atoms with Gasteiger partial charge in [0.15, 0.2) is 5.78 Å². The van der Waals surface area contributed by atoms with Crippen molar-refractivity contribution in [1.29, 1.82) is 0 Å². The Morgan fingerprint density at radius 3 is 2.81 bits per heavy atom. The average Bonchev–Trinajstić information content (AvgIpc) is 3.49. The minimum atomic E-state index is -0.460. The van der Waals surface area contributed by atoms with Gasteiger partial charge in [0.25, 0.3) is 0 Å². The molecular formula is C23H22O4. The van der Waals surface area contributed by atoms with Crippen molar-refractivity contribution in [1.82, 2.24) is 0 Å². The molecule has 2 spiro atoms. The van der Waals surface area contributed by atoms with Gasteiger partial charge in [-0.2, -0.15) is 0 Å². The van der Waals surface area contributed by atoms with Crippen molar-refractivity contribution in [3.63, 3.8) is 0 Å². The highest BCUT2D eigenvalue weighted by atomic mass is 16.6. The van der Waals surface area contributed by atoms with Crippen LogP contribution in [0, 0.1) is 22.7 Å². The van der Waals surface area contributed by atoms with Crippen LogP contribution in [0.4, 0.5) is 0 Å². The summed E-state index contributed by atoms with van der Waals surface area (Å²) in [5.74, 6) is 0.660. The van der Waals surface area contributed by atoms with Crippen molar-refractivity contribution in [3.05, 3.63) is 47.1 Å². The molecule has 0 aromatic rings. The summed E-state index contributed by atoms with van der Waals surface area (Å²) in [6, 6.07) is 0. The fraction of sp³-hybridized carbons (Fsp3) is 0.565. The molecule has 7 aliphatic rings. The van der Waals surface area contributed by atoms with Crippen LogP contribution < -0.4 is 0 Å². The summed E-state index contributed by atoms with van der Waals surface area (Å²) in [6.45, 7) is 4.56. The van der Waals surface area contributed by atoms with Crippen LogP contribution in [0.2, 0.25) is 0 Å². The van der Waals surface area contributed by atoms with Gasteiger partial charge in [0.1, 0.15) is 11.2 Å². The number of esters is 1. The highest BCUT2D eigenvalue weighted by Crippen LogP contribution is 2.79. The van der Waals surface area contributed by atoms with Crippen molar-refractivity contribution in [3.8, 4) is 0 Å². The van der Waals surface area contributed by atoms with Crippen LogP contribution in [0.15, 0.2) is 47.1 Å². The molecule has 0 N–H and O–H groups in total. The molecule has 138 valence electrons. The second-order valence-electron chi connectivity index (χ2n) is 9.92. The lowest BCUT2D eigenvalue weighted by atomic mass is 9.48. The maximum atomic E-state index is 12.1. The Morgan fingerprint density at radius 1 is 1.19 bits per heavy atom. The normalized spacial score (nSPS) is 55.5. The van der Waals surface area contributed by atoms with Gasteiger partial charge in [0.2, 0.25) is 0 Å². The summed E-state index contributed by atoms with van der Waals surface area (Å²) >= 11 is 0. The molecule has 27 heavy (non-hydrogen) atoms. The summed E-state index contributed by atoms with van der Waals surface area (Å²) in [6.07, 6.45) is 13.5. The van der Waals surface area contributed by atoms with E-state index in [1.165, 1.54) is 16.7 Å². The summed E-state index contributed by atoms with van der Waals surface area (Å²) in [5.41, 5.74) is 3.00. The van der Waals surface area contributed by atoms with Crippen molar-refractivity contribution >= 4 is 11.8 Å². The Kier molecular flexibility index (Phi) is 2.19. The first-order chi connectivity index (χ1) is 12.8. The predicted molar refractivity (Wildman–Crippen MR) is 96.5 cm³/mol. The van der Waals surface area contributed by atoms with Gasteiger partial charge >= 0.3 is 5.97 Å². The molecule has 2 saturated heterocycles. The monoisotopic (exact) mass is 362 g/mol. The van der Waals surface area contributed by atoms with E-state index in [0.717, 1.165) is 19.3 Å². The molecular weight excluding hydrogens is 340 g/mol. The van der Waals surface area contributed by atoms with E-state index in [2.05, 4.69) is 32.1 Å². The minimum absolute atomic E-state index is 0.0732. The number of epoxide rings is 1. The summed E-state index contributed by atoms with van der Waals surface area (Å²) in [5, 5.41) is 0. The third kappa shape index (κ3) is 1.35. The minimum Gasteiger partial charge on any atom is -0.454 e. The zero-order valence-electron chi connectivity index (χ0n) is 15.6. The van der Waals surface area contributed by atoms with E-state index in [4.69, 9.17) is 9.47 Å². The molecule has 5 aliphatic carbocycles. The number of hydrogen-bond donors (Lipinski definition) is 0. The van der Waals surface area contributed by atoms with E-state index in [-0.39, 0.29) is 34.3 Å². The maximum absolute atomic E-state index is 12.1. The largest absolute Gasteiger partial charge is 0.454 e. The molecule has 0 aromatic heterocycles. The van der Waals surface area contributed by atoms with Crippen molar-refractivity contribution < 1.29 is 19.1 Å². The number of rotatable bonds is 0. The first-order valence-electron chi connectivity index (χ1n) is 10.1. The molecule has 2 heterocycles. The fourth-order valence-corrected chi connectivity index (χ4v) is 7.55. The summed E-state index contributed by atoms with van der Waals surface area (Å²) in [4.78, 5) is 24.0. The van der Waals surface area contributed by atoms with Crippen LogP contribution in [0.25, 0.3) is 0 Å². The molecule has 3 fully saturated rings. The molecule has 0 radical (unpaired) electrons. The SMILES string of the molecule is C[C@]12C=CC(=O)C=C1C1=C(C1)C1C3C=C[C@@]4(CCC(=O)O4)[C@@]3(C)C[C@H]3O[C@@]132. The van der Waals surface area contributed by atoms with Gasteiger partial charge in [-0.1, -0.05) is 24.6 Å². The van der Waals surface area contributed by atoms with Gasteiger partial charge in [-0.3, -0.25) is 9.59 Å². The number of ketones is 1. The Balaban J connectivity index is 1.41. The van der Waals surface area contributed by atoms with Gasteiger partial charge in [-0.05, 0) is 55.1 Å². The highest BCUT2D eigenvalue weighted by molar-refractivity contribution is 6.02. The molecule has 7 atom stereocenters. The Hall–Kier alpha value is -1.94. The van der Waals surface area contributed by atoms with E-state index in [1.807, 2.05) is 6.08 Å². The maximum Gasteiger partial charge on any atom is 0.306 e. The fourth-order valence-electron chi connectivity index (χ4n) is 7.55. The summed E-state index contributed by atoms with van der Waals surface area (Å²) < 4.78 is 12.5. The Bertz CT molecular complexity index is 998. The molecule has 0 amide bonds. The van der Waals surface area contributed by atoms with Gasteiger partial charge in [0, 0.05) is 29.6 Å². The number of carbonyl (C=O) groups excluding carboxylic acids is 2. The van der Waals surface area contributed by atoms with Crippen LogP contribution in [-0.2, 0) is 19.1 Å². The topological polar surface area (TPSA) is 55.9 Å². The van der Waals surface area contributed by atoms with E-state index < -0.39 is 5.60 Å². The van der Waals surface area contributed by atoms with Crippen LogP contribution in [0.3, 0.4) is 0 Å². The van der Waals surface area contributed by atoms with E-state index in [1.54, 1.807) is 6.08 Å². The first kappa shape index (κ1) is 15.0. The number of ether oxygens (including phenoxy) is 2. The molecule has 7 rings (SSSR count). The lowest BCUT2D eigenvalue weighted by molar-refractivity contribution is -0.157. The van der Waals surface area contributed by atoms with E-state index in [0.29, 0.717) is 18.3 Å². The Morgan fingerprint density at radius 2 is 2.04 bits per heavy atom. The van der Waals surface area contributed by atoms with Crippen molar-refractivity contribution in [2.45, 2.75) is 56.8 Å². The van der Waals surface area contributed by atoms with Crippen molar-refractivity contribution in [2.75, 3.05) is 0 Å². The molecule has 4 heteroatoms. The standard InChI is InChI=1S/C23H22O4/c1-20-6-3-12(24)9-16(20)13-10-14(13)19-15-4-7-22(8-5-18(25)27-22)21(15,2)11-17-23(19,20)26-17/h3-4,6-7,9,15,17,19H,5,8,10-11H2,1-2H3/t15?,17-,19?,20+,21+,22-,23-/m1/s1. The zero-order valence-corrected chi connectivity index (χ0v) is 15.6.